The van der Waals surface area contributed by atoms with Gasteiger partial charge in [0.1, 0.15) is 5.65 Å². The van der Waals surface area contributed by atoms with Gasteiger partial charge in [-0.2, -0.15) is 10.2 Å². The number of aromatic nitrogens is 4. The van der Waals surface area contributed by atoms with E-state index in [1.807, 2.05) is 12.3 Å². The van der Waals surface area contributed by atoms with Crippen molar-refractivity contribution in [2.24, 2.45) is 0 Å². The first-order valence-electron chi connectivity index (χ1n) is 7.48. The quantitative estimate of drug-likeness (QED) is 0.745. The summed E-state index contributed by atoms with van der Waals surface area (Å²) in [7, 11) is 1.54. The summed E-state index contributed by atoms with van der Waals surface area (Å²) in [5.74, 6) is 0.163. The number of carbonyl (C=O) groups excluding carboxylic acids is 1. The molecule has 0 aliphatic carbocycles. The highest BCUT2D eigenvalue weighted by Crippen LogP contribution is 2.33. The van der Waals surface area contributed by atoms with Crippen LogP contribution in [0.5, 0.6) is 0 Å². The van der Waals surface area contributed by atoms with Crippen LogP contribution in [0.2, 0.25) is 0 Å². The van der Waals surface area contributed by atoms with Crippen LogP contribution in [-0.4, -0.2) is 51.5 Å². The number of H-pyrrole nitrogens is 1. The molecule has 8 nitrogen and oxygen atoms in total. The van der Waals surface area contributed by atoms with Crippen LogP contribution < -0.4 is 5.32 Å². The molecule has 1 aliphatic heterocycles. The summed E-state index contributed by atoms with van der Waals surface area (Å²) in [6.07, 6.45) is 5.81. The molecular weight excluding hydrogens is 296 g/mol. The Morgan fingerprint density at radius 1 is 1.48 bits per heavy atom. The molecule has 23 heavy (non-hydrogen) atoms. The van der Waals surface area contributed by atoms with E-state index >= 15 is 0 Å². The van der Waals surface area contributed by atoms with Gasteiger partial charge in [-0.25, -0.2) is 9.78 Å². The topological polar surface area (TPSA) is 96.0 Å². The molecule has 8 heteroatoms. The van der Waals surface area contributed by atoms with Gasteiger partial charge in [0.05, 0.1) is 11.9 Å². The maximum absolute atomic E-state index is 11.3. The van der Waals surface area contributed by atoms with Crippen LogP contribution in [0.3, 0.4) is 0 Å². The van der Waals surface area contributed by atoms with Gasteiger partial charge in [0, 0.05) is 54.6 Å². The third-order valence-corrected chi connectivity index (χ3v) is 4.19. The van der Waals surface area contributed by atoms with Crippen molar-refractivity contribution in [3.05, 3.63) is 30.4 Å². The second-order valence-electron chi connectivity index (χ2n) is 5.56. The fourth-order valence-corrected chi connectivity index (χ4v) is 3.09. The summed E-state index contributed by atoms with van der Waals surface area (Å²) in [4.78, 5) is 24.1. The molecule has 118 valence electrons. The molecule has 0 aromatic carbocycles. The van der Waals surface area contributed by atoms with Crippen molar-refractivity contribution in [2.45, 2.75) is 12.3 Å². The molecule has 1 fully saturated rings. The first-order chi connectivity index (χ1) is 11.3. The third-order valence-electron chi connectivity index (χ3n) is 4.19. The smallest absolute Gasteiger partial charge is 0.351 e. The van der Waals surface area contributed by atoms with Crippen molar-refractivity contribution >= 4 is 27.9 Å². The summed E-state index contributed by atoms with van der Waals surface area (Å²) in [6.45, 7) is 1.28. The minimum absolute atomic E-state index is 0.163. The number of nitrogens with one attached hydrogen (secondary N) is 2. The molecule has 1 unspecified atom stereocenters. The van der Waals surface area contributed by atoms with E-state index in [4.69, 9.17) is 4.84 Å². The van der Waals surface area contributed by atoms with Gasteiger partial charge in [-0.1, -0.05) is 0 Å². The largest absolute Gasteiger partial charge is 0.426 e. The maximum Gasteiger partial charge on any atom is 0.426 e. The first-order valence-corrected chi connectivity index (χ1v) is 7.48. The van der Waals surface area contributed by atoms with Gasteiger partial charge in [-0.15, -0.1) is 5.06 Å². The minimum Gasteiger partial charge on any atom is -0.351 e. The highest BCUT2D eigenvalue weighted by atomic mass is 16.7. The van der Waals surface area contributed by atoms with Gasteiger partial charge >= 0.3 is 6.09 Å². The summed E-state index contributed by atoms with van der Waals surface area (Å²) in [5.41, 5.74) is 1.76. The molecule has 1 atom stereocenters. The lowest BCUT2D eigenvalue weighted by Gasteiger charge is -2.15. The Hall–Kier alpha value is -2.74. The van der Waals surface area contributed by atoms with Crippen LogP contribution in [0, 0.1) is 0 Å². The molecule has 0 spiro atoms. The van der Waals surface area contributed by atoms with Gasteiger partial charge in [-0.3, -0.25) is 0 Å². The number of aromatic amines is 1. The van der Waals surface area contributed by atoms with E-state index in [0.717, 1.165) is 33.9 Å². The van der Waals surface area contributed by atoms with Gasteiger partial charge in [-0.05, 0) is 12.5 Å². The number of nitrogens with zero attached hydrogens (tertiary/aromatic N) is 4. The molecule has 1 aliphatic rings. The molecule has 0 bridgehead atoms. The van der Waals surface area contributed by atoms with Crippen molar-refractivity contribution in [3.63, 3.8) is 0 Å². The van der Waals surface area contributed by atoms with Gasteiger partial charge in [0.25, 0.3) is 0 Å². The van der Waals surface area contributed by atoms with E-state index in [9.17, 15) is 4.79 Å². The first kappa shape index (κ1) is 13.9. The number of hydrogen-bond acceptors (Lipinski definition) is 6. The predicted molar refractivity (Wildman–Crippen MR) is 83.7 cm³/mol. The van der Waals surface area contributed by atoms with E-state index in [-0.39, 0.29) is 5.92 Å². The maximum atomic E-state index is 11.3. The molecule has 3 aromatic heterocycles. The third kappa shape index (κ3) is 2.36. The average Bonchev–Trinajstić information content (AvgIpc) is 3.23. The zero-order chi connectivity index (χ0) is 15.8. The highest BCUT2D eigenvalue weighted by Gasteiger charge is 2.29. The van der Waals surface area contributed by atoms with E-state index in [1.54, 1.807) is 24.5 Å². The van der Waals surface area contributed by atoms with Crippen molar-refractivity contribution in [2.75, 3.05) is 20.1 Å². The molecule has 1 amide bonds. The zero-order valence-electron chi connectivity index (χ0n) is 12.6. The SMILES string of the molecule is CNC(=O)ON1CCC(c2nncc3cnc4[nH]ccc4c23)C1. The van der Waals surface area contributed by atoms with Crippen molar-refractivity contribution in [3.8, 4) is 0 Å². The van der Waals surface area contributed by atoms with E-state index in [1.165, 1.54) is 0 Å². The highest BCUT2D eigenvalue weighted by molar-refractivity contribution is 6.05. The molecule has 0 radical (unpaired) electrons. The van der Waals surface area contributed by atoms with Gasteiger partial charge in [0.15, 0.2) is 0 Å². The fraction of sp³-hybridized carbons (Fsp3) is 0.333. The van der Waals surface area contributed by atoms with E-state index < -0.39 is 6.09 Å². The number of pyridine rings is 1. The number of hydrogen-bond donors (Lipinski definition) is 2. The standard InChI is InChI=1S/C15H16N6O2/c1-16-15(22)23-21-5-3-9(8-21)13-12-10(7-19-20-13)6-18-14-11(12)2-4-17-14/h2,4,6-7,9H,3,5,8H2,1H3,(H,16,22)(H,17,18). The Balaban J connectivity index is 1.72. The molecule has 1 saturated heterocycles. The van der Waals surface area contributed by atoms with Crippen molar-refractivity contribution in [1.82, 2.24) is 30.5 Å². The van der Waals surface area contributed by atoms with E-state index in [2.05, 4.69) is 25.5 Å². The van der Waals surface area contributed by atoms with E-state index in [0.29, 0.717) is 13.1 Å². The van der Waals surface area contributed by atoms with Crippen molar-refractivity contribution < 1.29 is 9.63 Å². The summed E-state index contributed by atoms with van der Waals surface area (Å²) in [5, 5.41) is 15.7. The lowest BCUT2D eigenvalue weighted by molar-refractivity contribution is -0.0807. The van der Waals surface area contributed by atoms with Crippen LogP contribution in [0.1, 0.15) is 18.0 Å². The molecule has 3 aromatic rings. The number of hydroxylamine groups is 2. The van der Waals surface area contributed by atoms with Crippen LogP contribution >= 0.6 is 0 Å². The molecule has 4 rings (SSSR count). The molecule has 4 heterocycles. The Kier molecular flexibility index (Phi) is 3.30. The van der Waals surface area contributed by atoms with Crippen LogP contribution in [0.4, 0.5) is 4.79 Å². The number of carbonyl (C=O) groups is 1. The Morgan fingerprint density at radius 2 is 2.39 bits per heavy atom. The fourth-order valence-electron chi connectivity index (χ4n) is 3.09. The Bertz CT molecular complexity index is 877. The van der Waals surface area contributed by atoms with Gasteiger partial charge in [0.2, 0.25) is 0 Å². The lowest BCUT2D eigenvalue weighted by atomic mass is 9.98. The number of fused-ring (bicyclic) bond motifs is 3. The summed E-state index contributed by atoms with van der Waals surface area (Å²) in [6, 6.07) is 2.00. The Morgan fingerprint density at radius 3 is 3.26 bits per heavy atom. The monoisotopic (exact) mass is 312 g/mol. The van der Waals surface area contributed by atoms with Crippen LogP contribution in [-0.2, 0) is 4.84 Å². The van der Waals surface area contributed by atoms with Crippen LogP contribution in [0.15, 0.2) is 24.7 Å². The number of amides is 1. The van der Waals surface area contributed by atoms with Crippen molar-refractivity contribution in [1.29, 1.82) is 0 Å². The summed E-state index contributed by atoms with van der Waals surface area (Å²) < 4.78 is 0. The lowest BCUT2D eigenvalue weighted by Crippen LogP contribution is -2.30. The second-order valence-corrected chi connectivity index (χ2v) is 5.56. The average molecular weight is 312 g/mol. The molecule has 0 saturated carbocycles. The predicted octanol–water partition coefficient (Wildman–Crippen LogP) is 1.57. The number of rotatable bonds is 2. The Labute approximate surface area is 131 Å². The normalized spacial score (nSPS) is 18.6. The minimum atomic E-state index is -0.452. The summed E-state index contributed by atoms with van der Waals surface area (Å²) >= 11 is 0. The van der Waals surface area contributed by atoms with Gasteiger partial charge < -0.3 is 15.1 Å². The molecular formula is C15H16N6O2. The second kappa shape index (κ2) is 5.47. The zero-order valence-corrected chi connectivity index (χ0v) is 12.6. The van der Waals surface area contributed by atoms with Crippen LogP contribution in [0.25, 0.3) is 21.8 Å². The molecule has 2 N–H and O–H groups in total.